The molecule has 1 atom stereocenters. The van der Waals surface area contributed by atoms with E-state index >= 15 is 0 Å². The first-order valence-electron chi connectivity index (χ1n) is 5.55. The molecule has 0 fully saturated rings. The standard InChI is InChI=1S/C11H17N5O/c1-7-11(9(3)17)8(2)16(14-7)5-10-12-6-13-15(10)4/h6,9,17H,5H2,1-4H3. The van der Waals surface area contributed by atoms with E-state index < -0.39 is 6.10 Å². The Morgan fingerprint density at radius 2 is 2.12 bits per heavy atom. The van der Waals surface area contributed by atoms with Crippen molar-refractivity contribution in [3.05, 3.63) is 29.1 Å². The molecule has 1 unspecified atom stereocenters. The maximum atomic E-state index is 9.69. The van der Waals surface area contributed by atoms with Crippen LogP contribution in [0.15, 0.2) is 6.33 Å². The number of hydrogen-bond donors (Lipinski definition) is 1. The lowest BCUT2D eigenvalue weighted by atomic mass is 10.1. The molecule has 0 aromatic carbocycles. The molecule has 17 heavy (non-hydrogen) atoms. The van der Waals surface area contributed by atoms with E-state index in [1.54, 1.807) is 11.6 Å². The first-order chi connectivity index (χ1) is 8.00. The summed E-state index contributed by atoms with van der Waals surface area (Å²) in [4.78, 5) is 4.16. The molecule has 0 saturated carbocycles. The second kappa shape index (κ2) is 4.29. The van der Waals surface area contributed by atoms with Crippen molar-refractivity contribution in [3.63, 3.8) is 0 Å². The third kappa shape index (κ3) is 2.08. The summed E-state index contributed by atoms with van der Waals surface area (Å²) in [6.45, 7) is 6.18. The van der Waals surface area contributed by atoms with Crippen LogP contribution < -0.4 is 0 Å². The number of nitrogens with zero attached hydrogens (tertiary/aromatic N) is 5. The summed E-state index contributed by atoms with van der Waals surface area (Å²) >= 11 is 0. The lowest BCUT2D eigenvalue weighted by molar-refractivity contribution is 0.197. The summed E-state index contributed by atoms with van der Waals surface area (Å²) in [6, 6.07) is 0. The monoisotopic (exact) mass is 235 g/mol. The van der Waals surface area contributed by atoms with Gasteiger partial charge in [-0.25, -0.2) is 4.98 Å². The van der Waals surface area contributed by atoms with Gasteiger partial charge in [0.25, 0.3) is 0 Å². The summed E-state index contributed by atoms with van der Waals surface area (Å²) in [5, 5.41) is 18.1. The summed E-state index contributed by atoms with van der Waals surface area (Å²) < 4.78 is 3.57. The summed E-state index contributed by atoms with van der Waals surface area (Å²) in [5.74, 6) is 0.841. The second-order valence-corrected chi connectivity index (χ2v) is 4.22. The highest BCUT2D eigenvalue weighted by Crippen LogP contribution is 2.21. The fourth-order valence-electron chi connectivity index (χ4n) is 2.07. The molecular weight excluding hydrogens is 218 g/mol. The molecule has 92 valence electrons. The van der Waals surface area contributed by atoms with Gasteiger partial charge in [-0.1, -0.05) is 0 Å². The van der Waals surface area contributed by atoms with Crippen molar-refractivity contribution in [1.82, 2.24) is 24.5 Å². The third-order valence-corrected chi connectivity index (χ3v) is 2.95. The van der Waals surface area contributed by atoms with Gasteiger partial charge >= 0.3 is 0 Å². The molecule has 2 heterocycles. The van der Waals surface area contributed by atoms with Crippen LogP contribution in [-0.4, -0.2) is 29.7 Å². The zero-order valence-corrected chi connectivity index (χ0v) is 10.5. The van der Waals surface area contributed by atoms with E-state index in [4.69, 9.17) is 0 Å². The molecule has 0 aliphatic carbocycles. The number of aromatic nitrogens is 5. The number of aryl methyl sites for hydroxylation is 2. The molecule has 0 spiro atoms. The minimum Gasteiger partial charge on any atom is -0.389 e. The Balaban J connectivity index is 2.35. The molecule has 0 aliphatic heterocycles. The van der Waals surface area contributed by atoms with E-state index in [1.165, 1.54) is 6.33 Å². The van der Waals surface area contributed by atoms with Crippen LogP contribution in [-0.2, 0) is 13.6 Å². The van der Waals surface area contributed by atoms with E-state index in [-0.39, 0.29) is 0 Å². The Labute approximate surface area is 99.9 Å². The van der Waals surface area contributed by atoms with Gasteiger partial charge in [0.1, 0.15) is 18.7 Å². The SMILES string of the molecule is Cc1nn(Cc2ncnn2C)c(C)c1C(C)O. The fourth-order valence-corrected chi connectivity index (χ4v) is 2.07. The van der Waals surface area contributed by atoms with Crippen LogP contribution in [0.5, 0.6) is 0 Å². The van der Waals surface area contributed by atoms with Crippen molar-refractivity contribution in [2.45, 2.75) is 33.4 Å². The highest BCUT2D eigenvalue weighted by molar-refractivity contribution is 5.26. The molecule has 6 heteroatoms. The highest BCUT2D eigenvalue weighted by atomic mass is 16.3. The van der Waals surface area contributed by atoms with E-state index in [0.29, 0.717) is 6.54 Å². The zero-order valence-electron chi connectivity index (χ0n) is 10.5. The molecule has 2 rings (SSSR count). The van der Waals surface area contributed by atoms with Crippen LogP contribution in [0.25, 0.3) is 0 Å². The Morgan fingerprint density at radius 1 is 1.41 bits per heavy atom. The van der Waals surface area contributed by atoms with Crippen LogP contribution >= 0.6 is 0 Å². The van der Waals surface area contributed by atoms with Crippen LogP contribution in [0.2, 0.25) is 0 Å². The van der Waals surface area contributed by atoms with Crippen LogP contribution in [0, 0.1) is 13.8 Å². The largest absolute Gasteiger partial charge is 0.389 e. The van der Waals surface area contributed by atoms with Crippen molar-refractivity contribution in [2.75, 3.05) is 0 Å². The molecular formula is C11H17N5O. The first-order valence-corrected chi connectivity index (χ1v) is 5.55. The summed E-state index contributed by atoms with van der Waals surface area (Å²) in [7, 11) is 1.85. The molecule has 2 aromatic heterocycles. The molecule has 0 bridgehead atoms. The van der Waals surface area contributed by atoms with Gasteiger partial charge < -0.3 is 5.11 Å². The van der Waals surface area contributed by atoms with Crippen molar-refractivity contribution < 1.29 is 5.11 Å². The second-order valence-electron chi connectivity index (χ2n) is 4.22. The minimum atomic E-state index is -0.497. The summed E-state index contributed by atoms with van der Waals surface area (Å²) in [5.41, 5.74) is 2.73. The van der Waals surface area contributed by atoms with Crippen LogP contribution in [0.1, 0.15) is 35.8 Å². The van der Waals surface area contributed by atoms with Gasteiger partial charge in [0.2, 0.25) is 0 Å². The maximum absolute atomic E-state index is 9.69. The zero-order chi connectivity index (χ0) is 12.6. The number of aliphatic hydroxyl groups is 1. The Hall–Kier alpha value is -1.69. The average molecular weight is 235 g/mol. The molecule has 0 aliphatic rings. The smallest absolute Gasteiger partial charge is 0.148 e. The molecule has 0 saturated heterocycles. The van der Waals surface area contributed by atoms with E-state index in [1.807, 2.05) is 25.6 Å². The normalized spacial score (nSPS) is 13.0. The van der Waals surface area contributed by atoms with E-state index in [9.17, 15) is 5.11 Å². The highest BCUT2D eigenvalue weighted by Gasteiger charge is 2.16. The van der Waals surface area contributed by atoms with Crippen molar-refractivity contribution in [3.8, 4) is 0 Å². The van der Waals surface area contributed by atoms with Gasteiger partial charge in [0.05, 0.1) is 11.8 Å². The van der Waals surface area contributed by atoms with Gasteiger partial charge in [0.15, 0.2) is 0 Å². The summed E-state index contributed by atoms with van der Waals surface area (Å²) in [6.07, 6.45) is 1.03. The third-order valence-electron chi connectivity index (χ3n) is 2.95. The molecule has 1 N–H and O–H groups in total. The number of aliphatic hydroxyl groups excluding tert-OH is 1. The predicted octanol–water partition coefficient (Wildman–Crippen LogP) is 0.730. The lowest BCUT2D eigenvalue weighted by Crippen LogP contribution is -2.10. The van der Waals surface area contributed by atoms with Gasteiger partial charge in [-0.2, -0.15) is 10.2 Å². The molecule has 0 amide bonds. The Bertz CT molecular complexity index is 526. The minimum absolute atomic E-state index is 0.497. The van der Waals surface area contributed by atoms with E-state index in [2.05, 4.69) is 15.2 Å². The Morgan fingerprint density at radius 3 is 2.59 bits per heavy atom. The van der Waals surface area contributed by atoms with Crippen LogP contribution in [0.3, 0.4) is 0 Å². The maximum Gasteiger partial charge on any atom is 0.148 e. The lowest BCUT2D eigenvalue weighted by Gasteiger charge is -2.06. The number of hydrogen-bond acceptors (Lipinski definition) is 4. The molecule has 6 nitrogen and oxygen atoms in total. The quantitative estimate of drug-likeness (QED) is 0.851. The fraction of sp³-hybridized carbons (Fsp3) is 0.545. The van der Waals surface area contributed by atoms with Crippen LogP contribution in [0.4, 0.5) is 0 Å². The van der Waals surface area contributed by atoms with Gasteiger partial charge in [-0.15, -0.1) is 0 Å². The first kappa shape index (κ1) is 11.8. The molecule has 0 radical (unpaired) electrons. The average Bonchev–Trinajstić information content (AvgIpc) is 2.73. The van der Waals surface area contributed by atoms with Crippen molar-refractivity contribution in [2.24, 2.45) is 7.05 Å². The van der Waals surface area contributed by atoms with Gasteiger partial charge in [-0.3, -0.25) is 9.36 Å². The molecule has 2 aromatic rings. The predicted molar refractivity (Wildman–Crippen MR) is 62.4 cm³/mol. The van der Waals surface area contributed by atoms with Crippen molar-refractivity contribution >= 4 is 0 Å². The number of rotatable bonds is 3. The Kier molecular flexibility index (Phi) is 2.97. The topological polar surface area (TPSA) is 68.8 Å². The van der Waals surface area contributed by atoms with Gasteiger partial charge in [0, 0.05) is 18.3 Å². The van der Waals surface area contributed by atoms with E-state index in [0.717, 1.165) is 22.8 Å². The van der Waals surface area contributed by atoms with Gasteiger partial charge in [-0.05, 0) is 20.8 Å². The van der Waals surface area contributed by atoms with Crippen molar-refractivity contribution in [1.29, 1.82) is 0 Å².